The molecule has 2 rings (SSSR count). The maximum Gasteiger partial charge on any atom is 0.0580 e. The minimum absolute atomic E-state index is 0.102. The zero-order chi connectivity index (χ0) is 12.1. The van der Waals surface area contributed by atoms with Gasteiger partial charge in [-0.1, -0.05) is 12.8 Å². The molecule has 1 aromatic heterocycles. The highest BCUT2D eigenvalue weighted by Crippen LogP contribution is 2.23. The molecule has 2 atom stereocenters. The van der Waals surface area contributed by atoms with Crippen LogP contribution in [0.15, 0.2) is 12.4 Å². The summed E-state index contributed by atoms with van der Waals surface area (Å²) in [6.45, 7) is 4.77. The summed E-state index contributed by atoms with van der Waals surface area (Å²) in [6.07, 6.45) is 8.45. The summed E-state index contributed by atoms with van der Waals surface area (Å²) >= 11 is 0. The van der Waals surface area contributed by atoms with Gasteiger partial charge < -0.3 is 10.4 Å². The van der Waals surface area contributed by atoms with E-state index in [9.17, 15) is 5.11 Å². The van der Waals surface area contributed by atoms with Gasteiger partial charge in [-0.2, -0.15) is 5.10 Å². The number of nitrogens with one attached hydrogen (secondary N) is 1. The van der Waals surface area contributed by atoms with Gasteiger partial charge in [-0.25, -0.2) is 0 Å². The van der Waals surface area contributed by atoms with Crippen LogP contribution in [-0.4, -0.2) is 27.5 Å². The van der Waals surface area contributed by atoms with Crippen molar-refractivity contribution in [1.29, 1.82) is 0 Å². The molecular weight excluding hydrogens is 214 g/mol. The standard InChI is InChI=1S/C13H23N3O/c1-2-16-10-11(8-15-16)7-14-9-12-5-3-4-6-13(12)17/h8,10,12-14,17H,2-7,9H2,1H3. The number of hydrogen-bond donors (Lipinski definition) is 2. The van der Waals surface area contributed by atoms with Crippen LogP contribution in [0.2, 0.25) is 0 Å². The molecule has 0 amide bonds. The summed E-state index contributed by atoms with van der Waals surface area (Å²) in [7, 11) is 0. The molecule has 0 saturated heterocycles. The van der Waals surface area contributed by atoms with Gasteiger partial charge in [0.2, 0.25) is 0 Å². The SMILES string of the molecule is CCn1cc(CNCC2CCCCC2O)cn1. The first kappa shape index (κ1) is 12.6. The molecule has 4 nitrogen and oxygen atoms in total. The fraction of sp³-hybridized carbons (Fsp3) is 0.769. The molecular formula is C13H23N3O. The Hall–Kier alpha value is -0.870. The predicted molar refractivity (Wildman–Crippen MR) is 67.6 cm³/mol. The number of nitrogens with zero attached hydrogens (tertiary/aromatic N) is 2. The average Bonchev–Trinajstić information content (AvgIpc) is 2.80. The fourth-order valence-corrected chi connectivity index (χ4v) is 2.50. The molecule has 0 bridgehead atoms. The van der Waals surface area contributed by atoms with Crippen molar-refractivity contribution in [2.75, 3.05) is 6.54 Å². The molecule has 1 aliphatic rings. The third-order valence-electron chi connectivity index (χ3n) is 3.62. The molecule has 2 N–H and O–H groups in total. The van der Waals surface area contributed by atoms with Crippen molar-refractivity contribution < 1.29 is 5.11 Å². The molecule has 4 heteroatoms. The Morgan fingerprint density at radius 1 is 1.47 bits per heavy atom. The first-order chi connectivity index (χ1) is 8.29. The van der Waals surface area contributed by atoms with Crippen molar-refractivity contribution in [2.45, 2.75) is 51.8 Å². The monoisotopic (exact) mass is 237 g/mol. The van der Waals surface area contributed by atoms with Crippen molar-refractivity contribution >= 4 is 0 Å². The number of rotatable bonds is 5. The van der Waals surface area contributed by atoms with Crippen LogP contribution in [0.4, 0.5) is 0 Å². The summed E-state index contributed by atoms with van der Waals surface area (Å²) in [6, 6.07) is 0. The van der Waals surface area contributed by atoms with Crippen molar-refractivity contribution in [3.63, 3.8) is 0 Å². The Kier molecular flexibility index (Phi) is 4.57. The Morgan fingerprint density at radius 3 is 3.00 bits per heavy atom. The Labute approximate surface area is 103 Å². The van der Waals surface area contributed by atoms with Crippen LogP contribution in [-0.2, 0) is 13.1 Å². The van der Waals surface area contributed by atoms with Crippen LogP contribution in [0.25, 0.3) is 0 Å². The van der Waals surface area contributed by atoms with E-state index in [1.54, 1.807) is 0 Å². The summed E-state index contributed by atoms with van der Waals surface area (Å²) in [5.41, 5.74) is 1.22. The number of aromatic nitrogens is 2. The Morgan fingerprint density at radius 2 is 2.29 bits per heavy atom. The third-order valence-corrected chi connectivity index (χ3v) is 3.62. The highest BCUT2D eigenvalue weighted by molar-refractivity contribution is 5.03. The molecule has 0 aliphatic heterocycles. The van der Waals surface area contributed by atoms with E-state index in [4.69, 9.17) is 0 Å². The van der Waals surface area contributed by atoms with Crippen LogP contribution in [0.5, 0.6) is 0 Å². The minimum atomic E-state index is -0.102. The van der Waals surface area contributed by atoms with Crippen LogP contribution in [0.3, 0.4) is 0 Å². The van der Waals surface area contributed by atoms with Crippen molar-refractivity contribution in [2.24, 2.45) is 5.92 Å². The van der Waals surface area contributed by atoms with Gasteiger partial charge in [0.1, 0.15) is 0 Å². The van der Waals surface area contributed by atoms with E-state index in [1.807, 2.05) is 10.9 Å². The number of aryl methyl sites for hydroxylation is 1. The lowest BCUT2D eigenvalue weighted by Gasteiger charge is -2.27. The van der Waals surface area contributed by atoms with Gasteiger partial charge in [-0.05, 0) is 25.7 Å². The van der Waals surface area contributed by atoms with Crippen molar-refractivity contribution in [1.82, 2.24) is 15.1 Å². The fourth-order valence-electron chi connectivity index (χ4n) is 2.50. The van der Waals surface area contributed by atoms with Gasteiger partial charge in [0, 0.05) is 31.4 Å². The average molecular weight is 237 g/mol. The highest BCUT2D eigenvalue weighted by Gasteiger charge is 2.22. The van der Waals surface area contributed by atoms with E-state index in [1.165, 1.54) is 18.4 Å². The number of aliphatic hydroxyl groups excluding tert-OH is 1. The Balaban J connectivity index is 1.71. The van der Waals surface area contributed by atoms with E-state index in [0.29, 0.717) is 5.92 Å². The lowest BCUT2D eigenvalue weighted by Crippen LogP contribution is -2.33. The second-order valence-corrected chi connectivity index (χ2v) is 4.95. The summed E-state index contributed by atoms with van der Waals surface area (Å²) < 4.78 is 1.94. The summed E-state index contributed by atoms with van der Waals surface area (Å²) in [5, 5.41) is 17.5. The molecule has 96 valence electrons. The lowest BCUT2D eigenvalue weighted by atomic mass is 9.86. The summed E-state index contributed by atoms with van der Waals surface area (Å²) in [4.78, 5) is 0. The van der Waals surface area contributed by atoms with Crippen LogP contribution < -0.4 is 5.32 Å². The quantitative estimate of drug-likeness (QED) is 0.817. The van der Waals surface area contributed by atoms with Gasteiger partial charge in [-0.3, -0.25) is 4.68 Å². The second-order valence-electron chi connectivity index (χ2n) is 4.95. The van der Waals surface area contributed by atoms with Gasteiger partial charge in [0.15, 0.2) is 0 Å². The molecule has 1 aromatic rings. The van der Waals surface area contributed by atoms with Gasteiger partial charge in [-0.15, -0.1) is 0 Å². The van der Waals surface area contributed by atoms with Crippen LogP contribution in [0, 0.1) is 5.92 Å². The number of hydrogen-bond acceptors (Lipinski definition) is 3. The normalized spacial score (nSPS) is 25.1. The molecule has 1 heterocycles. The molecule has 2 unspecified atom stereocenters. The van der Waals surface area contributed by atoms with Crippen molar-refractivity contribution in [3.05, 3.63) is 18.0 Å². The number of aliphatic hydroxyl groups is 1. The molecule has 0 radical (unpaired) electrons. The minimum Gasteiger partial charge on any atom is -0.393 e. The lowest BCUT2D eigenvalue weighted by molar-refractivity contribution is 0.0695. The molecule has 1 saturated carbocycles. The highest BCUT2D eigenvalue weighted by atomic mass is 16.3. The third kappa shape index (κ3) is 3.54. The van der Waals surface area contributed by atoms with E-state index in [0.717, 1.165) is 32.5 Å². The van der Waals surface area contributed by atoms with Crippen molar-refractivity contribution in [3.8, 4) is 0 Å². The molecule has 17 heavy (non-hydrogen) atoms. The molecule has 0 spiro atoms. The van der Waals surface area contributed by atoms with E-state index in [2.05, 4.69) is 23.5 Å². The first-order valence-corrected chi connectivity index (χ1v) is 6.69. The van der Waals surface area contributed by atoms with Crippen LogP contribution >= 0.6 is 0 Å². The summed E-state index contributed by atoms with van der Waals surface area (Å²) in [5.74, 6) is 0.435. The predicted octanol–water partition coefficient (Wildman–Crippen LogP) is 1.54. The molecule has 0 aromatic carbocycles. The van der Waals surface area contributed by atoms with E-state index in [-0.39, 0.29) is 6.10 Å². The maximum atomic E-state index is 9.85. The molecule has 1 fully saturated rings. The van der Waals surface area contributed by atoms with Gasteiger partial charge >= 0.3 is 0 Å². The first-order valence-electron chi connectivity index (χ1n) is 6.69. The Bertz CT molecular complexity index is 337. The van der Waals surface area contributed by atoms with Gasteiger partial charge in [0.05, 0.1) is 12.3 Å². The topological polar surface area (TPSA) is 50.1 Å². The largest absolute Gasteiger partial charge is 0.393 e. The smallest absolute Gasteiger partial charge is 0.0580 e. The van der Waals surface area contributed by atoms with Gasteiger partial charge in [0.25, 0.3) is 0 Å². The molecule has 1 aliphatic carbocycles. The second kappa shape index (κ2) is 6.17. The van der Waals surface area contributed by atoms with E-state index >= 15 is 0 Å². The van der Waals surface area contributed by atoms with E-state index < -0.39 is 0 Å². The maximum absolute atomic E-state index is 9.85. The zero-order valence-corrected chi connectivity index (χ0v) is 10.6. The zero-order valence-electron chi connectivity index (χ0n) is 10.6. The van der Waals surface area contributed by atoms with Crippen LogP contribution in [0.1, 0.15) is 38.2 Å².